The van der Waals surface area contributed by atoms with Crippen LogP contribution >= 0.6 is 0 Å². The van der Waals surface area contributed by atoms with Crippen LogP contribution in [0, 0.1) is 23.5 Å². The number of benzene rings is 1. The maximum Gasteiger partial charge on any atom is 0.251 e. The molecule has 0 aromatic heterocycles. The zero-order valence-corrected chi connectivity index (χ0v) is 17.1. The van der Waals surface area contributed by atoms with E-state index in [1.807, 2.05) is 0 Å². The van der Waals surface area contributed by atoms with E-state index in [1.54, 1.807) is 0 Å². The van der Waals surface area contributed by atoms with Crippen LogP contribution in [0.15, 0.2) is 41.5 Å². The monoisotopic (exact) mass is 448 g/mol. The van der Waals surface area contributed by atoms with Crippen LogP contribution in [0.4, 0.5) is 17.6 Å². The third kappa shape index (κ3) is 3.05. The van der Waals surface area contributed by atoms with E-state index in [1.165, 1.54) is 37.7 Å². The summed E-state index contributed by atoms with van der Waals surface area (Å²) in [6.45, 7) is 0. The molecular weight excluding hydrogens is 428 g/mol. The molecule has 4 aliphatic rings. The standard InChI is InChI=1S/C23H20F4N2O3/c1-32-22-12(2-3-16(24)21(22)25)20-11-4-6-23(26,27)15(11)8-13(20)18-9-19(30)14-10-29(31)7-5-17(14)28-18/h2-3,5,7,9-11,13,15,20,31H,4,6,8H2,1H3/t11-,13+,15-,20+/m1/s1. The molecule has 0 radical (unpaired) electrons. The molecule has 2 heterocycles. The molecule has 0 amide bonds. The molecule has 5 rings (SSSR count). The fourth-order valence-electron chi connectivity index (χ4n) is 5.66. The van der Waals surface area contributed by atoms with Crippen molar-refractivity contribution in [3.63, 3.8) is 0 Å². The summed E-state index contributed by atoms with van der Waals surface area (Å²) in [5.41, 5.74) is 0.715. The molecule has 4 atom stereocenters. The van der Waals surface area contributed by atoms with Crippen molar-refractivity contribution in [3.05, 3.63) is 69.8 Å². The van der Waals surface area contributed by atoms with E-state index < -0.39 is 46.7 Å². The Hall–Kier alpha value is -3.10. The summed E-state index contributed by atoms with van der Waals surface area (Å²) in [5.74, 6) is -8.11. The Labute approximate surface area is 180 Å². The number of methoxy groups -OCH3 is 1. The van der Waals surface area contributed by atoms with Crippen molar-refractivity contribution >= 4 is 0 Å². The van der Waals surface area contributed by atoms with Crippen LogP contribution in [-0.2, 0) is 0 Å². The topological polar surface area (TPSA) is 64.3 Å². The van der Waals surface area contributed by atoms with Gasteiger partial charge in [-0.3, -0.25) is 9.78 Å². The first-order chi connectivity index (χ1) is 15.2. The number of ether oxygens (including phenoxy) is 1. The first-order valence-electron chi connectivity index (χ1n) is 10.3. The molecule has 5 nitrogen and oxygen atoms in total. The van der Waals surface area contributed by atoms with Gasteiger partial charge in [-0.05, 0) is 36.8 Å². The van der Waals surface area contributed by atoms with Crippen molar-refractivity contribution in [3.8, 4) is 17.0 Å². The number of alkyl halides is 2. The van der Waals surface area contributed by atoms with Gasteiger partial charge in [0.2, 0.25) is 5.82 Å². The largest absolute Gasteiger partial charge is 0.493 e. The molecular formula is C23H20F4N2O3. The van der Waals surface area contributed by atoms with E-state index in [-0.39, 0.29) is 30.6 Å². The normalized spacial score (nSPS) is 26.4. The Bertz CT molecular complexity index is 1230. The highest BCUT2D eigenvalue weighted by Crippen LogP contribution is 2.63. The summed E-state index contributed by atoms with van der Waals surface area (Å²) in [7, 11) is 1.21. The van der Waals surface area contributed by atoms with E-state index in [0.29, 0.717) is 17.0 Å². The minimum Gasteiger partial charge on any atom is -0.493 e. The van der Waals surface area contributed by atoms with Crippen molar-refractivity contribution in [1.82, 2.24) is 9.71 Å². The van der Waals surface area contributed by atoms with Gasteiger partial charge in [-0.15, -0.1) is 0 Å². The van der Waals surface area contributed by atoms with Gasteiger partial charge in [0.05, 0.1) is 24.6 Å². The molecule has 2 aliphatic carbocycles. The first kappa shape index (κ1) is 20.8. The van der Waals surface area contributed by atoms with Crippen LogP contribution in [0.25, 0.3) is 11.3 Å². The highest BCUT2D eigenvalue weighted by Gasteiger charge is 2.59. The number of aromatic nitrogens is 2. The Morgan fingerprint density at radius 2 is 2.03 bits per heavy atom. The van der Waals surface area contributed by atoms with Gasteiger partial charge in [-0.1, -0.05) is 6.07 Å². The SMILES string of the molecule is COc1c([C@@H]2[C@@H]3CCC(F)(F)[C@@H]3C[C@H]2c2cc(=O)c3cn(O)ccc-3n2)ccc(F)c1F. The first-order valence-corrected chi connectivity index (χ1v) is 10.3. The van der Waals surface area contributed by atoms with Crippen molar-refractivity contribution in [2.24, 2.45) is 11.8 Å². The lowest BCUT2D eigenvalue weighted by Gasteiger charge is -2.26. The second-order valence-electron chi connectivity index (χ2n) is 8.59. The van der Waals surface area contributed by atoms with Crippen molar-refractivity contribution in [1.29, 1.82) is 0 Å². The number of fused-ring (bicyclic) bond motifs is 2. The van der Waals surface area contributed by atoms with Gasteiger partial charge in [0.1, 0.15) is 0 Å². The summed E-state index contributed by atoms with van der Waals surface area (Å²) in [4.78, 5) is 17.2. The number of nitrogens with zero attached hydrogens (tertiary/aromatic N) is 2. The molecule has 168 valence electrons. The van der Waals surface area contributed by atoms with E-state index in [0.717, 1.165) is 10.8 Å². The smallest absolute Gasteiger partial charge is 0.251 e. The van der Waals surface area contributed by atoms with E-state index in [9.17, 15) is 27.6 Å². The number of hydrogen-bond donors (Lipinski definition) is 1. The molecule has 1 N–H and O–H groups in total. The summed E-state index contributed by atoms with van der Waals surface area (Å²) < 4.78 is 63.7. The van der Waals surface area contributed by atoms with Crippen LogP contribution in [0.1, 0.15) is 42.4 Å². The minimum absolute atomic E-state index is 0.0647. The zero-order chi connectivity index (χ0) is 22.8. The van der Waals surface area contributed by atoms with Gasteiger partial charge in [-0.25, -0.2) is 17.9 Å². The van der Waals surface area contributed by atoms with Gasteiger partial charge in [0.25, 0.3) is 5.92 Å². The van der Waals surface area contributed by atoms with Crippen LogP contribution < -0.4 is 10.2 Å². The Morgan fingerprint density at radius 1 is 1.25 bits per heavy atom. The van der Waals surface area contributed by atoms with E-state index in [2.05, 4.69) is 4.98 Å². The number of rotatable bonds is 3. The average Bonchev–Trinajstić information content (AvgIpc) is 3.28. The van der Waals surface area contributed by atoms with E-state index >= 15 is 0 Å². The van der Waals surface area contributed by atoms with Crippen LogP contribution in [0.2, 0.25) is 0 Å². The van der Waals surface area contributed by atoms with Gasteiger partial charge in [0.15, 0.2) is 17.0 Å². The minimum atomic E-state index is -2.89. The molecule has 32 heavy (non-hydrogen) atoms. The predicted octanol–water partition coefficient (Wildman–Crippen LogP) is 4.80. The third-order valence-corrected chi connectivity index (χ3v) is 7.01. The summed E-state index contributed by atoms with van der Waals surface area (Å²) in [5, 5.41) is 9.59. The van der Waals surface area contributed by atoms with Crippen molar-refractivity contribution in [2.75, 3.05) is 7.11 Å². The Balaban J connectivity index is 1.69. The molecule has 1 aromatic rings. The second kappa shape index (κ2) is 7.21. The molecule has 0 bridgehead atoms. The maximum absolute atomic E-state index is 14.7. The Kier molecular flexibility index (Phi) is 4.69. The highest BCUT2D eigenvalue weighted by atomic mass is 19.3. The number of hydrogen-bond acceptors (Lipinski definition) is 4. The highest BCUT2D eigenvalue weighted by molar-refractivity contribution is 5.59. The van der Waals surface area contributed by atoms with Crippen LogP contribution in [0.5, 0.6) is 5.75 Å². The quantitative estimate of drug-likeness (QED) is 0.462. The summed E-state index contributed by atoms with van der Waals surface area (Å²) in [6.07, 6.45) is 2.55. The van der Waals surface area contributed by atoms with Gasteiger partial charge >= 0.3 is 0 Å². The van der Waals surface area contributed by atoms with Crippen molar-refractivity contribution in [2.45, 2.75) is 37.0 Å². The zero-order valence-electron chi connectivity index (χ0n) is 17.1. The Morgan fingerprint density at radius 3 is 2.78 bits per heavy atom. The lowest BCUT2D eigenvalue weighted by atomic mass is 9.79. The maximum atomic E-state index is 14.7. The number of halogens is 4. The molecule has 0 unspecified atom stereocenters. The summed E-state index contributed by atoms with van der Waals surface area (Å²) >= 11 is 0. The molecule has 2 saturated carbocycles. The van der Waals surface area contributed by atoms with Crippen molar-refractivity contribution < 1.29 is 27.5 Å². The fraction of sp³-hybridized carbons (Fsp3) is 0.391. The van der Waals surface area contributed by atoms with Crippen LogP contribution in [0.3, 0.4) is 0 Å². The lowest BCUT2D eigenvalue weighted by molar-refractivity contribution is -0.0415. The summed E-state index contributed by atoms with van der Waals surface area (Å²) in [6, 6.07) is 5.09. The van der Waals surface area contributed by atoms with Gasteiger partial charge < -0.3 is 9.94 Å². The predicted molar refractivity (Wildman–Crippen MR) is 106 cm³/mol. The molecule has 2 aliphatic heterocycles. The molecule has 0 saturated heterocycles. The average molecular weight is 448 g/mol. The molecule has 1 aromatic carbocycles. The van der Waals surface area contributed by atoms with E-state index in [4.69, 9.17) is 4.74 Å². The van der Waals surface area contributed by atoms with Gasteiger partial charge in [-0.2, -0.15) is 4.39 Å². The second-order valence-corrected chi connectivity index (χ2v) is 8.59. The fourth-order valence-corrected chi connectivity index (χ4v) is 5.66. The third-order valence-electron chi connectivity index (χ3n) is 7.01. The molecule has 2 fully saturated rings. The molecule has 9 heteroatoms. The number of pyridine rings is 2. The lowest BCUT2D eigenvalue weighted by Crippen LogP contribution is -2.23. The van der Waals surface area contributed by atoms with Gasteiger partial charge in [0, 0.05) is 41.8 Å². The molecule has 0 spiro atoms. The van der Waals surface area contributed by atoms with Crippen LogP contribution in [-0.4, -0.2) is 28.0 Å².